The summed E-state index contributed by atoms with van der Waals surface area (Å²) < 4.78 is 25.3. The van der Waals surface area contributed by atoms with E-state index in [0.717, 1.165) is 39.7 Å². The molecule has 3 aromatic rings. The first-order valence-electron chi connectivity index (χ1n) is 10.4. The lowest BCUT2D eigenvalue weighted by molar-refractivity contribution is -0.125. The first kappa shape index (κ1) is 21.1. The van der Waals surface area contributed by atoms with Crippen molar-refractivity contribution in [3.05, 3.63) is 83.0 Å². The average Bonchev–Trinajstić information content (AvgIpc) is 3.37. The van der Waals surface area contributed by atoms with Gasteiger partial charge in [0.2, 0.25) is 11.8 Å². The normalized spacial score (nSPS) is 21.5. The largest absolute Gasteiger partial charge is 0.486 e. The number of hydrogen-bond acceptors (Lipinski definition) is 7. The van der Waals surface area contributed by atoms with E-state index in [9.17, 15) is 9.00 Å². The van der Waals surface area contributed by atoms with Gasteiger partial charge < -0.3 is 9.47 Å². The number of carbonyl (C=O) groups excluding carboxylic acids is 1. The lowest BCUT2D eigenvalue weighted by Crippen LogP contribution is -2.32. The highest BCUT2D eigenvalue weighted by molar-refractivity contribution is 7.83. The molecule has 1 aromatic heterocycles. The molecule has 2 N–H and O–H groups in total. The quantitative estimate of drug-likeness (QED) is 0.456. The Bertz CT molecular complexity index is 1270. The molecule has 5 rings (SSSR count). The van der Waals surface area contributed by atoms with E-state index in [1.54, 1.807) is 12.1 Å². The fraction of sp³-hybridized carbons (Fsp3) is 0.208. The number of ether oxygens (including phenoxy) is 2. The standard InChI is InChI=1S/C24H20N4O4S/c25-13-15-4-11-23(27-14-15)32-20-3-1-2-18-19(20)9-10-21(18)31-17-7-5-16(6-8-17)22-12-24(29)28(26)33(22)30/h1-8,11,14,21-22H,9-10,12,26H2/t21-,22?,33?/m1/s1. The molecule has 9 heteroatoms. The van der Waals surface area contributed by atoms with E-state index >= 15 is 0 Å². The van der Waals surface area contributed by atoms with Gasteiger partial charge in [-0.15, -0.1) is 0 Å². The number of nitrogens with two attached hydrogens (primary N) is 1. The lowest BCUT2D eigenvalue weighted by atomic mass is 10.1. The molecule has 2 heterocycles. The molecule has 2 aromatic carbocycles. The van der Waals surface area contributed by atoms with Crippen molar-refractivity contribution in [2.24, 2.45) is 5.84 Å². The van der Waals surface area contributed by atoms with Gasteiger partial charge in [0, 0.05) is 24.2 Å². The van der Waals surface area contributed by atoms with Crippen molar-refractivity contribution in [3.63, 3.8) is 0 Å². The summed E-state index contributed by atoms with van der Waals surface area (Å²) in [5, 5.41) is 8.49. The Morgan fingerprint density at radius 1 is 1.15 bits per heavy atom. The van der Waals surface area contributed by atoms with Crippen LogP contribution < -0.4 is 15.3 Å². The zero-order valence-electron chi connectivity index (χ0n) is 17.5. The van der Waals surface area contributed by atoms with Crippen molar-refractivity contribution in [1.29, 1.82) is 5.26 Å². The van der Waals surface area contributed by atoms with Gasteiger partial charge in [-0.2, -0.15) is 9.68 Å². The van der Waals surface area contributed by atoms with Gasteiger partial charge in [-0.25, -0.2) is 15.0 Å². The first-order chi connectivity index (χ1) is 16.0. The number of rotatable bonds is 5. The van der Waals surface area contributed by atoms with Crippen LogP contribution in [0, 0.1) is 11.3 Å². The fourth-order valence-corrected chi connectivity index (χ4v) is 5.36. The van der Waals surface area contributed by atoms with Crippen LogP contribution in [0.4, 0.5) is 0 Å². The Kier molecular flexibility index (Phi) is 5.54. The second-order valence-electron chi connectivity index (χ2n) is 7.83. The molecule has 0 saturated carbocycles. The smallest absolute Gasteiger partial charge is 0.250 e. The molecule has 1 aliphatic heterocycles. The van der Waals surface area contributed by atoms with Gasteiger partial charge in [0.1, 0.15) is 34.7 Å². The molecule has 166 valence electrons. The summed E-state index contributed by atoms with van der Waals surface area (Å²) in [5.74, 6) is 7.07. The summed E-state index contributed by atoms with van der Waals surface area (Å²) in [5.41, 5.74) is 3.41. The number of hydrogen-bond donors (Lipinski definition) is 1. The number of nitriles is 1. The first-order valence-corrected chi connectivity index (χ1v) is 11.6. The van der Waals surface area contributed by atoms with Gasteiger partial charge in [0.25, 0.3) is 0 Å². The van der Waals surface area contributed by atoms with Crippen LogP contribution in [0.15, 0.2) is 60.8 Å². The topological polar surface area (TPSA) is 119 Å². The Labute approximate surface area is 193 Å². The van der Waals surface area contributed by atoms with Crippen LogP contribution in [-0.2, 0) is 22.2 Å². The summed E-state index contributed by atoms with van der Waals surface area (Å²) >= 11 is 0. The molecule has 1 aliphatic carbocycles. The van der Waals surface area contributed by atoms with Crippen molar-refractivity contribution in [2.45, 2.75) is 30.6 Å². The molecule has 1 fully saturated rings. The van der Waals surface area contributed by atoms with Crippen LogP contribution in [0.2, 0.25) is 0 Å². The zero-order chi connectivity index (χ0) is 22.9. The zero-order valence-corrected chi connectivity index (χ0v) is 18.3. The van der Waals surface area contributed by atoms with Gasteiger partial charge in [0.05, 0.1) is 10.8 Å². The highest BCUT2D eigenvalue weighted by Gasteiger charge is 2.36. The monoisotopic (exact) mass is 460 g/mol. The number of amides is 1. The molecule has 1 amide bonds. The molecular formula is C24H20N4O4S. The van der Waals surface area contributed by atoms with E-state index < -0.39 is 16.2 Å². The summed E-state index contributed by atoms with van der Waals surface area (Å²) in [4.78, 5) is 15.9. The minimum atomic E-state index is -1.56. The Balaban J connectivity index is 1.30. The van der Waals surface area contributed by atoms with Crippen molar-refractivity contribution < 1.29 is 18.5 Å². The molecule has 2 unspecified atom stereocenters. The third kappa shape index (κ3) is 4.06. The number of aromatic nitrogens is 1. The summed E-state index contributed by atoms with van der Waals surface area (Å²) in [6, 6.07) is 18.6. The molecule has 3 atom stereocenters. The second-order valence-corrected chi connectivity index (χ2v) is 9.34. The van der Waals surface area contributed by atoms with E-state index in [4.69, 9.17) is 20.6 Å². The number of pyridine rings is 1. The van der Waals surface area contributed by atoms with Crippen LogP contribution in [-0.4, -0.2) is 19.5 Å². The lowest BCUT2D eigenvalue weighted by Gasteiger charge is -2.17. The van der Waals surface area contributed by atoms with Gasteiger partial charge in [-0.3, -0.25) is 4.79 Å². The summed E-state index contributed by atoms with van der Waals surface area (Å²) in [6.45, 7) is 0. The Hall–Kier alpha value is -3.74. The van der Waals surface area contributed by atoms with Gasteiger partial charge in [-0.05, 0) is 48.2 Å². The third-order valence-corrected chi connectivity index (χ3v) is 7.34. The van der Waals surface area contributed by atoms with Gasteiger partial charge in [0.15, 0.2) is 0 Å². The molecule has 33 heavy (non-hydrogen) atoms. The number of fused-ring (bicyclic) bond motifs is 1. The fourth-order valence-electron chi connectivity index (χ4n) is 4.14. The average molecular weight is 461 g/mol. The maximum atomic E-state index is 12.2. The summed E-state index contributed by atoms with van der Waals surface area (Å²) in [6.07, 6.45) is 3.11. The molecule has 0 bridgehead atoms. The van der Waals surface area contributed by atoms with Crippen LogP contribution in [0.3, 0.4) is 0 Å². The molecule has 1 saturated heterocycles. The Morgan fingerprint density at radius 3 is 2.64 bits per heavy atom. The minimum absolute atomic E-state index is 0.120. The number of nitrogens with zero attached hydrogens (tertiary/aromatic N) is 3. The third-order valence-electron chi connectivity index (χ3n) is 5.83. The van der Waals surface area contributed by atoms with E-state index in [2.05, 4.69) is 4.98 Å². The van der Waals surface area contributed by atoms with Crippen LogP contribution in [0.5, 0.6) is 17.4 Å². The van der Waals surface area contributed by atoms with Gasteiger partial charge in [-0.1, -0.05) is 24.3 Å². The molecular weight excluding hydrogens is 440 g/mol. The van der Waals surface area contributed by atoms with E-state index in [-0.39, 0.29) is 18.4 Å². The molecule has 0 radical (unpaired) electrons. The van der Waals surface area contributed by atoms with E-state index in [1.807, 2.05) is 48.5 Å². The Morgan fingerprint density at radius 2 is 1.97 bits per heavy atom. The van der Waals surface area contributed by atoms with Crippen LogP contribution in [0.25, 0.3) is 0 Å². The van der Waals surface area contributed by atoms with E-state index in [0.29, 0.717) is 17.2 Å². The van der Waals surface area contributed by atoms with Gasteiger partial charge >= 0.3 is 0 Å². The number of benzene rings is 2. The summed E-state index contributed by atoms with van der Waals surface area (Å²) in [7, 11) is -1.56. The minimum Gasteiger partial charge on any atom is -0.486 e. The number of hydrazine groups is 1. The highest BCUT2D eigenvalue weighted by atomic mass is 32.2. The highest BCUT2D eigenvalue weighted by Crippen LogP contribution is 2.41. The maximum absolute atomic E-state index is 12.2. The van der Waals surface area contributed by atoms with Crippen molar-refractivity contribution in [3.8, 4) is 23.4 Å². The molecule has 8 nitrogen and oxygen atoms in total. The maximum Gasteiger partial charge on any atom is 0.250 e. The predicted octanol–water partition coefficient (Wildman–Crippen LogP) is 3.62. The van der Waals surface area contributed by atoms with Crippen molar-refractivity contribution in [2.75, 3.05) is 0 Å². The SMILES string of the molecule is N#Cc1ccc(Oc2cccc3c2CC[C@H]3Oc2ccc(C3CC(=O)N(N)S3=O)cc2)nc1. The van der Waals surface area contributed by atoms with E-state index in [1.165, 1.54) is 6.20 Å². The second kappa shape index (κ2) is 8.65. The van der Waals surface area contributed by atoms with Crippen molar-refractivity contribution in [1.82, 2.24) is 9.40 Å². The number of carbonyl (C=O) groups is 1. The van der Waals surface area contributed by atoms with Crippen molar-refractivity contribution >= 4 is 16.9 Å². The predicted molar refractivity (Wildman–Crippen MR) is 120 cm³/mol. The molecule has 2 aliphatic rings. The van der Waals surface area contributed by atoms with Crippen LogP contribution in [0.1, 0.15) is 46.4 Å². The molecule has 0 spiro atoms. The van der Waals surface area contributed by atoms with Crippen LogP contribution >= 0.6 is 0 Å².